The third kappa shape index (κ3) is 8.84. The molecule has 3 N–H and O–H groups in total. The van der Waals surface area contributed by atoms with Crippen LogP contribution < -0.4 is 57.5 Å². The van der Waals surface area contributed by atoms with Gasteiger partial charge in [0.05, 0.1) is 0 Å². The summed E-state index contributed by atoms with van der Waals surface area (Å²) in [4.78, 5) is 0. The van der Waals surface area contributed by atoms with E-state index in [1.54, 1.807) is 0 Å². The molecule has 1 nitrogen and oxygen atoms in total. The second kappa shape index (κ2) is 18.4. The summed E-state index contributed by atoms with van der Waals surface area (Å²) in [5.41, 5.74) is 0. The fraction of sp³-hybridized carbons (Fsp3) is 0. The van der Waals surface area contributed by atoms with E-state index in [9.17, 15) is 0 Å². The van der Waals surface area contributed by atoms with Gasteiger partial charge in [-0.05, 0) is 0 Å². The van der Waals surface area contributed by atoms with Gasteiger partial charge in [0.15, 0.2) is 0 Å². The summed E-state index contributed by atoms with van der Waals surface area (Å²) in [5.74, 6) is 0. The van der Waals surface area contributed by atoms with Crippen molar-refractivity contribution in [2.45, 2.75) is 0 Å². The third-order valence-electron chi connectivity index (χ3n) is 0. The number of hydrogen-bond acceptors (Lipinski definition) is 2. The zero-order valence-electron chi connectivity index (χ0n) is 2.52. The van der Waals surface area contributed by atoms with Crippen LogP contribution in [-0.2, 0) is 0 Å². The van der Waals surface area contributed by atoms with Crippen molar-refractivity contribution in [3.8, 4) is 0 Å². The molecule has 0 aromatic carbocycles. The summed E-state index contributed by atoms with van der Waals surface area (Å²) in [6.45, 7) is 0. The molecular formula is H3KNSSe+. The van der Waals surface area contributed by atoms with Gasteiger partial charge in [-0.2, -0.15) is 0 Å². The van der Waals surface area contributed by atoms with E-state index in [0.29, 0.717) is 0 Å². The molecule has 0 aromatic heterocycles. The monoisotopic (exact) mass is 168 g/mol. The maximum atomic E-state index is 3.96. The Balaban J connectivity index is -0.00000000500. The summed E-state index contributed by atoms with van der Waals surface area (Å²) in [6.07, 6.45) is 0. The van der Waals surface area contributed by atoms with E-state index < -0.39 is 0 Å². The summed E-state index contributed by atoms with van der Waals surface area (Å²) < 4.78 is 0. The summed E-state index contributed by atoms with van der Waals surface area (Å²) in [5, 5.41) is 0. The fourth-order valence-electron chi connectivity index (χ4n) is 0. The molecule has 0 saturated heterocycles. The SMILES string of the molecule is N.S=[Se].[K+]. The minimum absolute atomic E-state index is 0. The summed E-state index contributed by atoms with van der Waals surface area (Å²) in [6, 6.07) is 0. The van der Waals surface area contributed by atoms with E-state index in [2.05, 4.69) is 24.9 Å². The van der Waals surface area contributed by atoms with Crippen molar-refractivity contribution in [3.63, 3.8) is 0 Å². The van der Waals surface area contributed by atoms with Crippen molar-refractivity contribution in [3.05, 3.63) is 0 Å². The Morgan fingerprint density at radius 3 is 1.25 bits per heavy atom. The third-order valence-corrected chi connectivity index (χ3v) is 0. The van der Waals surface area contributed by atoms with Gasteiger partial charge >= 0.3 is 76.3 Å². The van der Waals surface area contributed by atoms with Crippen molar-refractivity contribution in [1.29, 1.82) is 0 Å². The Labute approximate surface area is 80.6 Å². The van der Waals surface area contributed by atoms with Crippen molar-refractivity contribution in [2.24, 2.45) is 0 Å². The van der Waals surface area contributed by atoms with Crippen molar-refractivity contribution in [2.75, 3.05) is 0 Å². The maximum absolute atomic E-state index is 3.96. The van der Waals surface area contributed by atoms with Gasteiger partial charge in [-0.25, -0.2) is 0 Å². The molecule has 0 spiro atoms. The molecule has 0 rings (SSSR count). The van der Waals surface area contributed by atoms with Crippen molar-refractivity contribution >= 4 is 24.9 Å². The predicted molar refractivity (Wildman–Crippen MR) is 18.4 cm³/mol. The minimum atomic E-state index is 0. The first kappa shape index (κ1) is 16.2. The van der Waals surface area contributed by atoms with Crippen LogP contribution in [0.3, 0.4) is 0 Å². The Kier molecular flexibility index (Phi) is 74.5. The Hall–Kier alpha value is 2.34. The molecule has 4 heavy (non-hydrogen) atoms. The van der Waals surface area contributed by atoms with Gasteiger partial charge in [0.2, 0.25) is 0 Å². The van der Waals surface area contributed by atoms with E-state index >= 15 is 0 Å². The van der Waals surface area contributed by atoms with Gasteiger partial charge in [-0.1, -0.05) is 0 Å². The minimum Gasteiger partial charge on any atom is 1.00 e. The number of rotatable bonds is 0. The average Bonchev–Trinajstić information content (AvgIpc) is 1.00. The molecule has 0 bridgehead atoms. The standard InChI is InChI=1S/K.H3N.SSe/c;;1-2/h;1H3;/q+1;;. The average molecular weight is 167 g/mol. The first-order valence-corrected chi connectivity index (χ1v) is 2.60. The quantitative estimate of drug-likeness (QED) is 0.403. The van der Waals surface area contributed by atoms with Crippen LogP contribution in [0.4, 0.5) is 0 Å². The first-order chi connectivity index (χ1) is 1.00. The number of hydrogen-bond donors (Lipinski definition) is 1. The van der Waals surface area contributed by atoms with E-state index in [-0.39, 0.29) is 57.5 Å². The zero-order chi connectivity index (χ0) is 2.00. The molecule has 0 fully saturated rings. The summed E-state index contributed by atoms with van der Waals surface area (Å²) in [7, 11) is 3.96. The molecule has 0 aromatic rings. The zero-order valence-corrected chi connectivity index (χ0v) is 8.18. The van der Waals surface area contributed by atoms with Gasteiger partial charge < -0.3 is 6.15 Å². The molecule has 0 unspecified atom stereocenters. The Morgan fingerprint density at radius 2 is 1.25 bits per heavy atom. The van der Waals surface area contributed by atoms with Gasteiger partial charge in [0.25, 0.3) is 0 Å². The molecule has 0 saturated carbocycles. The van der Waals surface area contributed by atoms with Gasteiger partial charge in [0.1, 0.15) is 0 Å². The molecule has 4 heteroatoms. The van der Waals surface area contributed by atoms with E-state index in [1.165, 1.54) is 0 Å². The molecule has 0 aliphatic rings. The molecular weight excluding hydrogens is 164 g/mol. The van der Waals surface area contributed by atoms with Crippen LogP contribution in [0.5, 0.6) is 0 Å². The molecule has 0 atom stereocenters. The molecule has 0 heterocycles. The smallest absolute Gasteiger partial charge is 1.00 e. The molecule has 0 aliphatic heterocycles. The maximum Gasteiger partial charge on any atom is 1.00 e. The topological polar surface area (TPSA) is 35.0 Å². The molecule has 0 amide bonds. The molecule has 20 valence electrons. The second-order valence-corrected chi connectivity index (χ2v) is 0. The van der Waals surface area contributed by atoms with Crippen LogP contribution in [0.25, 0.3) is 0 Å². The second-order valence-electron chi connectivity index (χ2n) is 0. The van der Waals surface area contributed by atoms with Crippen LogP contribution in [0.1, 0.15) is 0 Å². The van der Waals surface area contributed by atoms with E-state index in [4.69, 9.17) is 0 Å². The predicted octanol–water partition coefficient (Wildman–Crippen LogP) is -2.57. The van der Waals surface area contributed by atoms with E-state index in [0.717, 1.165) is 0 Å². The van der Waals surface area contributed by atoms with Crippen LogP contribution in [0.15, 0.2) is 0 Å². The molecule has 0 radical (unpaired) electrons. The van der Waals surface area contributed by atoms with Crippen LogP contribution >= 0.6 is 10.6 Å². The van der Waals surface area contributed by atoms with Crippen LogP contribution in [0.2, 0.25) is 0 Å². The van der Waals surface area contributed by atoms with Gasteiger partial charge in [0, 0.05) is 0 Å². The van der Waals surface area contributed by atoms with E-state index in [1.807, 2.05) is 0 Å². The van der Waals surface area contributed by atoms with Gasteiger partial charge in [-0.15, -0.1) is 0 Å². The Morgan fingerprint density at radius 1 is 1.25 bits per heavy atom. The molecule has 0 aliphatic carbocycles. The Bertz CT molecular complexity index is 8.00. The van der Waals surface area contributed by atoms with Crippen molar-refractivity contribution < 1.29 is 51.4 Å². The van der Waals surface area contributed by atoms with Gasteiger partial charge in [-0.3, -0.25) is 0 Å². The normalized spacial score (nSPS) is 1.00. The van der Waals surface area contributed by atoms with Crippen LogP contribution in [-0.4, -0.2) is 14.4 Å². The summed E-state index contributed by atoms with van der Waals surface area (Å²) >= 11 is 2.21. The van der Waals surface area contributed by atoms with Crippen molar-refractivity contribution in [1.82, 2.24) is 6.15 Å². The first-order valence-electron chi connectivity index (χ1n) is 0.167. The largest absolute Gasteiger partial charge is 1.00 e. The fourth-order valence-corrected chi connectivity index (χ4v) is 0. The van der Waals surface area contributed by atoms with Crippen LogP contribution in [0, 0.1) is 0 Å².